The van der Waals surface area contributed by atoms with Gasteiger partial charge in [-0.1, -0.05) is 158 Å². The highest BCUT2D eigenvalue weighted by atomic mass is 16.3. The van der Waals surface area contributed by atoms with Gasteiger partial charge in [0.2, 0.25) is 0 Å². The molecule has 0 saturated carbocycles. The van der Waals surface area contributed by atoms with Crippen molar-refractivity contribution in [2.24, 2.45) is 0 Å². The summed E-state index contributed by atoms with van der Waals surface area (Å²) in [4.78, 5) is 4.76. The van der Waals surface area contributed by atoms with Crippen molar-refractivity contribution in [1.82, 2.24) is 0 Å². The molecule has 2 aromatic heterocycles. The molecule has 10 aromatic carbocycles. The average Bonchev–Trinajstić information content (AvgIpc) is 3.90. The molecule has 0 fully saturated rings. The Morgan fingerprint density at radius 1 is 0.274 bits per heavy atom. The molecular formula is C58H38N2O2. The fourth-order valence-corrected chi connectivity index (χ4v) is 9.18. The lowest BCUT2D eigenvalue weighted by Gasteiger charge is -2.31. The Hall–Kier alpha value is -8.34. The first-order valence-electron chi connectivity index (χ1n) is 21.0. The van der Waals surface area contributed by atoms with Gasteiger partial charge in [-0.05, 0) is 94.2 Å². The van der Waals surface area contributed by atoms with E-state index in [0.717, 1.165) is 105 Å². The summed E-state index contributed by atoms with van der Waals surface area (Å²) in [5, 5.41) is 6.47. The highest BCUT2D eigenvalue weighted by molar-refractivity contribution is 6.20. The van der Waals surface area contributed by atoms with Crippen LogP contribution in [-0.2, 0) is 0 Å². The first-order valence-corrected chi connectivity index (χ1v) is 21.0. The minimum absolute atomic E-state index is 0.788. The van der Waals surface area contributed by atoms with Gasteiger partial charge in [0.25, 0.3) is 0 Å². The second-order valence-electron chi connectivity index (χ2n) is 15.7. The molecule has 0 bridgehead atoms. The second kappa shape index (κ2) is 14.7. The third-order valence-corrected chi connectivity index (χ3v) is 12.0. The van der Waals surface area contributed by atoms with E-state index >= 15 is 0 Å². The van der Waals surface area contributed by atoms with E-state index in [-0.39, 0.29) is 0 Å². The van der Waals surface area contributed by atoms with E-state index < -0.39 is 0 Å². The number of fused-ring (bicyclic) bond motifs is 7. The van der Waals surface area contributed by atoms with Crippen LogP contribution in [0.15, 0.2) is 239 Å². The Morgan fingerprint density at radius 3 is 1.63 bits per heavy atom. The quantitative estimate of drug-likeness (QED) is 0.153. The molecule has 0 atom stereocenters. The van der Waals surface area contributed by atoms with E-state index in [9.17, 15) is 0 Å². The monoisotopic (exact) mass is 794 g/mol. The third kappa shape index (κ3) is 6.00. The van der Waals surface area contributed by atoms with Gasteiger partial charge in [0, 0.05) is 33.8 Å². The minimum Gasteiger partial charge on any atom is -0.456 e. The first-order chi connectivity index (χ1) is 30.7. The van der Waals surface area contributed by atoms with Crippen LogP contribution in [0, 0.1) is 0 Å². The van der Waals surface area contributed by atoms with Gasteiger partial charge in [0.1, 0.15) is 22.3 Å². The molecule has 12 rings (SSSR count). The van der Waals surface area contributed by atoms with Gasteiger partial charge in [0.15, 0.2) is 0 Å². The molecule has 0 amide bonds. The molecule has 2 heterocycles. The smallest absolute Gasteiger partial charge is 0.139 e. The SMILES string of the molecule is c1ccc(-c2ccc(N(c3cc(N(c4ccccc4)c4cccc5oc6ccccc6c45)c4c(c3)oc3cc5ccccc5cc34)c3ccccc3-c3ccccc3)cc2)cc1. The van der Waals surface area contributed by atoms with Crippen molar-refractivity contribution >= 4 is 88.8 Å². The number of nitrogens with zero attached hydrogens (tertiary/aromatic N) is 2. The highest BCUT2D eigenvalue weighted by Gasteiger charge is 2.27. The number of anilines is 6. The molecule has 0 aliphatic carbocycles. The van der Waals surface area contributed by atoms with Crippen LogP contribution in [-0.4, -0.2) is 0 Å². The van der Waals surface area contributed by atoms with E-state index in [2.05, 4.69) is 228 Å². The van der Waals surface area contributed by atoms with E-state index in [0.29, 0.717) is 0 Å². The Bertz CT molecular complexity index is 3570. The summed E-state index contributed by atoms with van der Waals surface area (Å²) in [6.45, 7) is 0. The summed E-state index contributed by atoms with van der Waals surface area (Å²) in [5.74, 6) is 0. The van der Waals surface area contributed by atoms with Crippen molar-refractivity contribution < 1.29 is 8.83 Å². The van der Waals surface area contributed by atoms with Crippen LogP contribution in [0.25, 0.3) is 76.9 Å². The number of benzene rings is 10. The number of para-hydroxylation sites is 3. The number of rotatable bonds is 8. The van der Waals surface area contributed by atoms with E-state index in [1.807, 2.05) is 12.1 Å². The lowest BCUT2D eigenvalue weighted by molar-refractivity contribution is 0.669. The van der Waals surface area contributed by atoms with Crippen molar-refractivity contribution in [3.05, 3.63) is 231 Å². The zero-order valence-electron chi connectivity index (χ0n) is 33.7. The Kier molecular flexibility index (Phi) is 8.46. The predicted octanol–water partition coefficient (Wildman–Crippen LogP) is 16.9. The Balaban J connectivity index is 1.19. The lowest BCUT2D eigenvalue weighted by atomic mass is 10.00. The maximum Gasteiger partial charge on any atom is 0.139 e. The lowest BCUT2D eigenvalue weighted by Crippen LogP contribution is -2.14. The van der Waals surface area contributed by atoms with Crippen molar-refractivity contribution in [2.75, 3.05) is 9.80 Å². The van der Waals surface area contributed by atoms with Crippen molar-refractivity contribution in [3.63, 3.8) is 0 Å². The van der Waals surface area contributed by atoms with E-state index in [4.69, 9.17) is 8.83 Å². The summed E-state index contributed by atoms with van der Waals surface area (Å²) in [6.07, 6.45) is 0. The van der Waals surface area contributed by atoms with Crippen LogP contribution in [0.3, 0.4) is 0 Å². The molecule has 0 saturated heterocycles. The maximum atomic E-state index is 7.05. The molecule has 62 heavy (non-hydrogen) atoms. The van der Waals surface area contributed by atoms with Gasteiger partial charge in [-0.3, -0.25) is 0 Å². The fraction of sp³-hybridized carbons (Fsp3) is 0. The first kappa shape index (κ1) is 35.6. The average molecular weight is 795 g/mol. The molecule has 0 unspecified atom stereocenters. The summed E-state index contributed by atoms with van der Waals surface area (Å²) in [6, 6.07) is 81.6. The van der Waals surface area contributed by atoms with Crippen molar-refractivity contribution in [2.45, 2.75) is 0 Å². The van der Waals surface area contributed by atoms with Gasteiger partial charge in [-0.15, -0.1) is 0 Å². The van der Waals surface area contributed by atoms with Crippen molar-refractivity contribution in [3.8, 4) is 22.3 Å². The Morgan fingerprint density at radius 2 is 0.839 bits per heavy atom. The molecule has 0 aliphatic heterocycles. The maximum absolute atomic E-state index is 7.05. The molecular weight excluding hydrogens is 757 g/mol. The van der Waals surface area contributed by atoms with Gasteiger partial charge in [-0.2, -0.15) is 0 Å². The third-order valence-electron chi connectivity index (χ3n) is 12.0. The molecule has 0 spiro atoms. The fourth-order valence-electron chi connectivity index (χ4n) is 9.18. The molecule has 4 heteroatoms. The van der Waals surface area contributed by atoms with Crippen LogP contribution in [0.5, 0.6) is 0 Å². The van der Waals surface area contributed by atoms with E-state index in [1.165, 1.54) is 5.56 Å². The van der Waals surface area contributed by atoms with Crippen LogP contribution in [0.1, 0.15) is 0 Å². The molecule has 0 N–H and O–H groups in total. The predicted molar refractivity (Wildman–Crippen MR) is 259 cm³/mol. The summed E-state index contributed by atoms with van der Waals surface area (Å²) >= 11 is 0. The topological polar surface area (TPSA) is 32.8 Å². The van der Waals surface area contributed by atoms with Crippen LogP contribution in [0.2, 0.25) is 0 Å². The molecule has 0 radical (unpaired) electrons. The molecule has 4 nitrogen and oxygen atoms in total. The Labute approximate surface area is 358 Å². The minimum atomic E-state index is 0.788. The second-order valence-corrected chi connectivity index (χ2v) is 15.7. The van der Waals surface area contributed by atoms with Crippen LogP contribution >= 0.6 is 0 Å². The largest absolute Gasteiger partial charge is 0.456 e. The van der Waals surface area contributed by atoms with Gasteiger partial charge in [0.05, 0.1) is 33.5 Å². The van der Waals surface area contributed by atoms with E-state index in [1.54, 1.807) is 0 Å². The summed E-state index contributed by atoms with van der Waals surface area (Å²) in [7, 11) is 0. The van der Waals surface area contributed by atoms with Gasteiger partial charge in [-0.25, -0.2) is 0 Å². The zero-order chi connectivity index (χ0) is 41.0. The van der Waals surface area contributed by atoms with Crippen LogP contribution in [0.4, 0.5) is 34.1 Å². The van der Waals surface area contributed by atoms with Gasteiger partial charge < -0.3 is 18.6 Å². The molecule has 0 aliphatic rings. The summed E-state index contributed by atoms with van der Waals surface area (Å²) < 4.78 is 13.6. The zero-order valence-corrected chi connectivity index (χ0v) is 33.7. The number of furan rings is 2. The standard InChI is InChI=1S/C58H38N2O2/c1-4-17-39(18-5-1)40-31-33-45(34-32-40)59(50-27-14-12-25-47(50)41-19-6-2-7-20-41)46-37-52(58-49-35-42-21-10-11-22-43(42)36-55(49)62-56(58)38-46)60(44-23-8-3-9-24-44)51-28-16-30-54-57(51)48-26-13-15-29-53(48)61-54/h1-38H. The normalized spacial score (nSPS) is 11.5. The van der Waals surface area contributed by atoms with Crippen LogP contribution < -0.4 is 9.80 Å². The number of hydrogen-bond acceptors (Lipinski definition) is 4. The molecule has 292 valence electrons. The molecule has 12 aromatic rings. The highest BCUT2D eigenvalue weighted by Crippen LogP contribution is 2.51. The number of hydrogen-bond donors (Lipinski definition) is 0. The van der Waals surface area contributed by atoms with Crippen molar-refractivity contribution in [1.29, 1.82) is 0 Å². The van der Waals surface area contributed by atoms with Gasteiger partial charge >= 0.3 is 0 Å². The summed E-state index contributed by atoms with van der Waals surface area (Å²) in [5.41, 5.74) is 13.9.